The van der Waals surface area contributed by atoms with E-state index < -0.39 is 0 Å². The standard InChI is InChI=1S/C15H25NO/c1-13(2)12-16(14(3)17)11-7-10-15-8-5-4-6-9-15/h4-5,7,10,13,15H,6,8-9,11-12H2,1-3H3. The number of hydrogen-bond acceptors (Lipinski definition) is 1. The maximum atomic E-state index is 11.4. The fourth-order valence-electron chi connectivity index (χ4n) is 2.14. The Bertz CT molecular complexity index is 291. The Morgan fingerprint density at radius 1 is 1.47 bits per heavy atom. The van der Waals surface area contributed by atoms with Gasteiger partial charge in [0.2, 0.25) is 5.91 Å². The summed E-state index contributed by atoms with van der Waals surface area (Å²) in [5.74, 6) is 1.38. The summed E-state index contributed by atoms with van der Waals surface area (Å²) in [5.41, 5.74) is 0. The van der Waals surface area contributed by atoms with Gasteiger partial charge in [0, 0.05) is 20.0 Å². The summed E-state index contributed by atoms with van der Waals surface area (Å²) in [6.45, 7) is 7.55. The molecule has 17 heavy (non-hydrogen) atoms. The van der Waals surface area contributed by atoms with Crippen LogP contribution in [0.25, 0.3) is 0 Å². The van der Waals surface area contributed by atoms with Gasteiger partial charge in [-0.2, -0.15) is 0 Å². The third-order valence-corrected chi connectivity index (χ3v) is 3.07. The first kappa shape index (κ1) is 14.0. The van der Waals surface area contributed by atoms with Gasteiger partial charge in [-0.1, -0.05) is 38.2 Å². The Morgan fingerprint density at radius 3 is 2.76 bits per heavy atom. The molecule has 0 spiro atoms. The Kier molecular flexibility index (Phi) is 6.03. The molecule has 1 aliphatic rings. The van der Waals surface area contributed by atoms with Crippen molar-refractivity contribution in [3.63, 3.8) is 0 Å². The minimum atomic E-state index is 0.173. The summed E-state index contributed by atoms with van der Waals surface area (Å²) < 4.78 is 0. The largest absolute Gasteiger partial charge is 0.339 e. The molecule has 0 N–H and O–H groups in total. The van der Waals surface area contributed by atoms with Crippen molar-refractivity contribution in [3.8, 4) is 0 Å². The summed E-state index contributed by atoms with van der Waals surface area (Å²) >= 11 is 0. The Balaban J connectivity index is 2.37. The van der Waals surface area contributed by atoms with Crippen LogP contribution < -0.4 is 0 Å². The third kappa shape index (κ3) is 5.71. The monoisotopic (exact) mass is 235 g/mol. The molecule has 2 heteroatoms. The van der Waals surface area contributed by atoms with Gasteiger partial charge < -0.3 is 4.90 Å². The van der Waals surface area contributed by atoms with E-state index in [1.165, 1.54) is 12.8 Å². The van der Waals surface area contributed by atoms with Crippen LogP contribution >= 0.6 is 0 Å². The second kappa shape index (κ2) is 7.31. The summed E-state index contributed by atoms with van der Waals surface area (Å²) in [7, 11) is 0. The van der Waals surface area contributed by atoms with Gasteiger partial charge in [-0.3, -0.25) is 4.79 Å². The fraction of sp³-hybridized carbons (Fsp3) is 0.667. The van der Waals surface area contributed by atoms with E-state index in [1.54, 1.807) is 6.92 Å². The SMILES string of the molecule is CC(=O)N(CC=CC1CC=CCC1)CC(C)C. The van der Waals surface area contributed by atoms with Gasteiger partial charge in [-0.15, -0.1) is 0 Å². The normalized spacial score (nSPS) is 20.1. The number of allylic oxidation sites excluding steroid dienone is 3. The van der Waals surface area contributed by atoms with Crippen molar-refractivity contribution >= 4 is 5.91 Å². The molecule has 0 saturated heterocycles. The van der Waals surface area contributed by atoms with Gasteiger partial charge in [0.05, 0.1) is 0 Å². The zero-order chi connectivity index (χ0) is 12.7. The number of carbonyl (C=O) groups is 1. The Hall–Kier alpha value is -1.05. The van der Waals surface area contributed by atoms with Crippen molar-refractivity contribution in [1.29, 1.82) is 0 Å². The highest BCUT2D eigenvalue weighted by Crippen LogP contribution is 2.19. The van der Waals surface area contributed by atoms with Crippen LogP contribution in [-0.4, -0.2) is 23.9 Å². The molecule has 0 fully saturated rings. The molecule has 0 saturated carbocycles. The molecule has 0 radical (unpaired) electrons. The van der Waals surface area contributed by atoms with Crippen molar-refractivity contribution in [1.82, 2.24) is 4.90 Å². The van der Waals surface area contributed by atoms with E-state index in [9.17, 15) is 4.79 Å². The van der Waals surface area contributed by atoms with Gasteiger partial charge >= 0.3 is 0 Å². The van der Waals surface area contributed by atoms with Crippen LogP contribution in [0.5, 0.6) is 0 Å². The van der Waals surface area contributed by atoms with Crippen LogP contribution in [-0.2, 0) is 4.79 Å². The minimum absolute atomic E-state index is 0.173. The van der Waals surface area contributed by atoms with Crippen LogP contribution in [0.2, 0.25) is 0 Å². The predicted molar refractivity (Wildman–Crippen MR) is 72.7 cm³/mol. The molecule has 0 heterocycles. The van der Waals surface area contributed by atoms with Crippen molar-refractivity contribution in [3.05, 3.63) is 24.3 Å². The van der Waals surface area contributed by atoms with E-state index in [1.807, 2.05) is 4.90 Å². The van der Waals surface area contributed by atoms with Crippen molar-refractivity contribution in [2.45, 2.75) is 40.0 Å². The van der Waals surface area contributed by atoms with Crippen molar-refractivity contribution in [2.75, 3.05) is 13.1 Å². The smallest absolute Gasteiger partial charge is 0.219 e. The summed E-state index contributed by atoms with van der Waals surface area (Å²) in [6, 6.07) is 0. The average molecular weight is 235 g/mol. The molecule has 0 aromatic heterocycles. The van der Waals surface area contributed by atoms with Gasteiger partial charge in [-0.05, 0) is 31.1 Å². The second-order valence-corrected chi connectivity index (χ2v) is 5.29. The Labute approximate surface area is 105 Å². The molecule has 1 unspecified atom stereocenters. The van der Waals surface area contributed by atoms with Crippen molar-refractivity contribution in [2.24, 2.45) is 11.8 Å². The molecule has 0 aliphatic heterocycles. The zero-order valence-corrected chi connectivity index (χ0v) is 11.4. The lowest BCUT2D eigenvalue weighted by atomic mass is 9.94. The highest BCUT2D eigenvalue weighted by Gasteiger charge is 2.09. The maximum absolute atomic E-state index is 11.4. The van der Waals surface area contributed by atoms with Gasteiger partial charge in [0.25, 0.3) is 0 Å². The molecule has 0 bridgehead atoms. The number of amides is 1. The Morgan fingerprint density at radius 2 is 2.24 bits per heavy atom. The second-order valence-electron chi connectivity index (χ2n) is 5.29. The summed E-state index contributed by atoms with van der Waals surface area (Å²) in [4.78, 5) is 13.4. The summed E-state index contributed by atoms with van der Waals surface area (Å²) in [5, 5.41) is 0. The van der Waals surface area contributed by atoms with E-state index in [4.69, 9.17) is 0 Å². The highest BCUT2D eigenvalue weighted by molar-refractivity contribution is 5.73. The fourth-order valence-corrected chi connectivity index (χ4v) is 2.14. The molecule has 96 valence electrons. The van der Waals surface area contributed by atoms with Crippen molar-refractivity contribution < 1.29 is 4.79 Å². The lowest BCUT2D eigenvalue weighted by Crippen LogP contribution is -2.32. The number of rotatable bonds is 5. The van der Waals surface area contributed by atoms with Gasteiger partial charge in [0.1, 0.15) is 0 Å². The first-order valence-electron chi connectivity index (χ1n) is 6.66. The van der Waals surface area contributed by atoms with Crippen LogP contribution in [0, 0.1) is 11.8 Å². The van der Waals surface area contributed by atoms with E-state index >= 15 is 0 Å². The molecule has 1 rings (SSSR count). The number of hydrogen-bond donors (Lipinski definition) is 0. The third-order valence-electron chi connectivity index (χ3n) is 3.07. The zero-order valence-electron chi connectivity index (χ0n) is 11.4. The average Bonchev–Trinajstić information content (AvgIpc) is 2.28. The number of nitrogens with zero attached hydrogens (tertiary/aromatic N) is 1. The predicted octanol–water partition coefficient (Wildman–Crippen LogP) is 3.40. The maximum Gasteiger partial charge on any atom is 0.219 e. The van der Waals surface area contributed by atoms with E-state index in [0.717, 1.165) is 19.5 Å². The van der Waals surface area contributed by atoms with E-state index in [-0.39, 0.29) is 5.91 Å². The molecule has 2 nitrogen and oxygen atoms in total. The topological polar surface area (TPSA) is 20.3 Å². The molecular weight excluding hydrogens is 210 g/mol. The molecule has 1 aliphatic carbocycles. The van der Waals surface area contributed by atoms with Crippen LogP contribution in [0.1, 0.15) is 40.0 Å². The quantitative estimate of drug-likeness (QED) is 0.669. The number of carbonyl (C=O) groups excluding carboxylic acids is 1. The highest BCUT2D eigenvalue weighted by atomic mass is 16.2. The molecule has 0 aromatic rings. The van der Waals surface area contributed by atoms with Crippen LogP contribution in [0.15, 0.2) is 24.3 Å². The molecular formula is C15H25NO. The molecule has 1 amide bonds. The van der Waals surface area contributed by atoms with Gasteiger partial charge in [-0.25, -0.2) is 0 Å². The first-order valence-corrected chi connectivity index (χ1v) is 6.66. The summed E-state index contributed by atoms with van der Waals surface area (Å²) in [6.07, 6.45) is 12.5. The van der Waals surface area contributed by atoms with Gasteiger partial charge in [0.15, 0.2) is 0 Å². The van der Waals surface area contributed by atoms with Crippen LogP contribution in [0.4, 0.5) is 0 Å². The van der Waals surface area contributed by atoms with E-state index in [2.05, 4.69) is 38.2 Å². The van der Waals surface area contributed by atoms with Crippen LogP contribution in [0.3, 0.4) is 0 Å². The van der Waals surface area contributed by atoms with E-state index in [0.29, 0.717) is 11.8 Å². The minimum Gasteiger partial charge on any atom is -0.339 e. The molecule has 1 atom stereocenters. The first-order chi connectivity index (χ1) is 8.09. The molecule has 0 aromatic carbocycles. The lowest BCUT2D eigenvalue weighted by Gasteiger charge is -2.22. The lowest BCUT2D eigenvalue weighted by molar-refractivity contribution is -0.128.